The van der Waals surface area contributed by atoms with E-state index in [2.05, 4.69) is 17.2 Å². The third-order valence-corrected chi connectivity index (χ3v) is 3.99. The number of methoxy groups -OCH3 is 2. The van der Waals surface area contributed by atoms with Crippen molar-refractivity contribution in [2.24, 2.45) is 0 Å². The molecule has 4 nitrogen and oxygen atoms in total. The second kappa shape index (κ2) is 7.36. The molecule has 0 aliphatic heterocycles. The molecule has 0 spiro atoms. The quantitative estimate of drug-likeness (QED) is 0.783. The molecule has 0 saturated heterocycles. The Morgan fingerprint density at radius 2 is 1.95 bits per heavy atom. The van der Waals surface area contributed by atoms with Crippen LogP contribution in [0.2, 0.25) is 0 Å². The van der Waals surface area contributed by atoms with Crippen LogP contribution in [0.1, 0.15) is 19.8 Å². The summed E-state index contributed by atoms with van der Waals surface area (Å²) in [6, 6.07) is 5.86. The molecule has 1 aromatic heterocycles. The minimum Gasteiger partial charge on any atom is -0.493 e. The molecule has 114 valence electrons. The molecule has 21 heavy (non-hydrogen) atoms. The molecule has 2 rings (SSSR count). The number of benzene rings is 1. The molecule has 1 heterocycles. The Labute approximate surface area is 130 Å². The van der Waals surface area contributed by atoms with Gasteiger partial charge in [-0.25, -0.2) is 4.98 Å². The fourth-order valence-corrected chi connectivity index (χ4v) is 2.30. The molecular weight excluding hydrogens is 288 g/mol. The van der Waals surface area contributed by atoms with Gasteiger partial charge < -0.3 is 14.8 Å². The fraction of sp³-hybridized carbons (Fsp3) is 0.438. The number of nitrogens with one attached hydrogen (secondary N) is 1. The molecule has 0 aliphatic carbocycles. The van der Waals surface area contributed by atoms with Gasteiger partial charge in [0.05, 0.1) is 14.2 Å². The van der Waals surface area contributed by atoms with Gasteiger partial charge in [-0.3, -0.25) is 0 Å². The van der Waals surface area contributed by atoms with E-state index in [1.807, 2.05) is 18.2 Å². The molecule has 0 saturated carbocycles. The number of ether oxygens (including phenoxy) is 2. The van der Waals surface area contributed by atoms with E-state index in [1.165, 1.54) is 0 Å². The van der Waals surface area contributed by atoms with Gasteiger partial charge in [0.25, 0.3) is 0 Å². The predicted octanol–water partition coefficient (Wildman–Crippen LogP) is 4.07. The molecule has 5 heteroatoms. The van der Waals surface area contributed by atoms with Crippen molar-refractivity contribution in [1.29, 1.82) is 0 Å². The maximum absolute atomic E-state index is 6.14. The van der Waals surface area contributed by atoms with Gasteiger partial charge in [0.1, 0.15) is 5.82 Å². The smallest absolute Gasteiger partial charge is 0.161 e. The highest BCUT2D eigenvalue weighted by atomic mass is 35.5. The van der Waals surface area contributed by atoms with Crippen molar-refractivity contribution in [2.75, 3.05) is 26.1 Å². The summed E-state index contributed by atoms with van der Waals surface area (Å²) in [4.78, 5) is 4.41. The van der Waals surface area contributed by atoms with E-state index in [0.717, 1.165) is 36.0 Å². The van der Waals surface area contributed by atoms with Crippen molar-refractivity contribution < 1.29 is 9.47 Å². The number of hydrogen-bond donors (Lipinski definition) is 1. The third kappa shape index (κ3) is 3.70. The minimum absolute atomic E-state index is 0.196. The van der Waals surface area contributed by atoms with Crippen LogP contribution in [0.3, 0.4) is 0 Å². The van der Waals surface area contributed by atoms with E-state index in [4.69, 9.17) is 21.1 Å². The normalized spacial score (nSPS) is 12.2. The standard InChI is InChI=1S/C16H21ClN2O2/c1-4-12(17)6-8-19-16-13-10-15(21-3)14(20-2)9-11(13)5-7-18-16/h5,7,9-10,12H,4,6,8H2,1-3H3,(H,18,19). The van der Waals surface area contributed by atoms with Gasteiger partial charge in [0, 0.05) is 23.5 Å². The molecule has 1 aromatic carbocycles. The van der Waals surface area contributed by atoms with Crippen molar-refractivity contribution in [1.82, 2.24) is 4.98 Å². The first-order valence-corrected chi connectivity index (χ1v) is 7.52. The summed E-state index contributed by atoms with van der Waals surface area (Å²) >= 11 is 6.14. The lowest BCUT2D eigenvalue weighted by atomic mass is 10.1. The summed E-state index contributed by atoms with van der Waals surface area (Å²) in [6.45, 7) is 2.88. The summed E-state index contributed by atoms with van der Waals surface area (Å²) in [5.74, 6) is 2.26. The molecular formula is C16H21ClN2O2. The number of fused-ring (bicyclic) bond motifs is 1. The molecule has 0 aliphatic rings. The summed E-state index contributed by atoms with van der Waals surface area (Å²) in [7, 11) is 3.27. The SMILES string of the molecule is CCC(Cl)CCNc1nccc2cc(OC)c(OC)cc12. The highest BCUT2D eigenvalue weighted by Crippen LogP contribution is 2.34. The van der Waals surface area contributed by atoms with Crippen LogP contribution in [-0.4, -0.2) is 31.1 Å². The van der Waals surface area contributed by atoms with E-state index in [0.29, 0.717) is 11.5 Å². The zero-order chi connectivity index (χ0) is 15.2. The number of alkyl halides is 1. The van der Waals surface area contributed by atoms with Gasteiger partial charge in [-0.2, -0.15) is 0 Å². The average molecular weight is 309 g/mol. The van der Waals surface area contributed by atoms with Gasteiger partial charge in [-0.05, 0) is 36.4 Å². The molecule has 0 radical (unpaired) electrons. The number of halogens is 1. The zero-order valence-electron chi connectivity index (χ0n) is 12.6. The van der Waals surface area contributed by atoms with Gasteiger partial charge in [-0.15, -0.1) is 11.6 Å². The fourth-order valence-electron chi connectivity index (χ4n) is 2.19. The summed E-state index contributed by atoms with van der Waals surface area (Å²) < 4.78 is 10.7. The summed E-state index contributed by atoms with van der Waals surface area (Å²) in [5, 5.41) is 5.62. The highest BCUT2D eigenvalue weighted by molar-refractivity contribution is 6.20. The van der Waals surface area contributed by atoms with Gasteiger partial charge >= 0.3 is 0 Å². The van der Waals surface area contributed by atoms with Crippen LogP contribution in [0, 0.1) is 0 Å². The number of anilines is 1. The predicted molar refractivity (Wildman–Crippen MR) is 87.9 cm³/mol. The van der Waals surface area contributed by atoms with E-state index in [1.54, 1.807) is 20.4 Å². The van der Waals surface area contributed by atoms with E-state index < -0.39 is 0 Å². The molecule has 0 bridgehead atoms. The lowest BCUT2D eigenvalue weighted by Crippen LogP contribution is -2.09. The molecule has 2 aromatic rings. The third-order valence-electron chi connectivity index (χ3n) is 3.46. The van der Waals surface area contributed by atoms with Crippen LogP contribution in [-0.2, 0) is 0 Å². The van der Waals surface area contributed by atoms with Crippen molar-refractivity contribution in [3.63, 3.8) is 0 Å². The van der Waals surface area contributed by atoms with E-state index >= 15 is 0 Å². The minimum atomic E-state index is 0.196. The molecule has 0 amide bonds. The Hall–Kier alpha value is -1.68. The lowest BCUT2D eigenvalue weighted by Gasteiger charge is -2.13. The number of pyridine rings is 1. The topological polar surface area (TPSA) is 43.4 Å². The summed E-state index contributed by atoms with van der Waals surface area (Å²) in [5.41, 5.74) is 0. The number of rotatable bonds is 7. The van der Waals surface area contributed by atoms with Gasteiger partial charge in [0.2, 0.25) is 0 Å². The second-order valence-electron chi connectivity index (χ2n) is 4.81. The lowest BCUT2D eigenvalue weighted by molar-refractivity contribution is 0.356. The van der Waals surface area contributed by atoms with E-state index in [-0.39, 0.29) is 5.38 Å². The van der Waals surface area contributed by atoms with Crippen LogP contribution >= 0.6 is 11.6 Å². The zero-order valence-corrected chi connectivity index (χ0v) is 13.4. The Morgan fingerprint density at radius 1 is 1.24 bits per heavy atom. The average Bonchev–Trinajstić information content (AvgIpc) is 2.53. The van der Waals surface area contributed by atoms with Gasteiger partial charge in [0.15, 0.2) is 11.5 Å². The monoisotopic (exact) mass is 308 g/mol. The van der Waals surface area contributed by atoms with Crippen molar-refractivity contribution in [3.8, 4) is 11.5 Å². The first kappa shape index (κ1) is 15.7. The highest BCUT2D eigenvalue weighted by Gasteiger charge is 2.10. The first-order valence-electron chi connectivity index (χ1n) is 7.08. The molecule has 1 unspecified atom stereocenters. The van der Waals surface area contributed by atoms with Crippen LogP contribution in [0.5, 0.6) is 11.5 Å². The van der Waals surface area contributed by atoms with Crippen molar-refractivity contribution >= 4 is 28.2 Å². The second-order valence-corrected chi connectivity index (χ2v) is 5.43. The van der Waals surface area contributed by atoms with Crippen LogP contribution in [0.4, 0.5) is 5.82 Å². The molecule has 1 N–H and O–H groups in total. The van der Waals surface area contributed by atoms with Crippen LogP contribution < -0.4 is 14.8 Å². The molecule has 1 atom stereocenters. The molecule has 0 fully saturated rings. The van der Waals surface area contributed by atoms with Crippen molar-refractivity contribution in [2.45, 2.75) is 25.1 Å². The summed E-state index contributed by atoms with van der Waals surface area (Å²) in [6.07, 6.45) is 3.66. The maximum Gasteiger partial charge on any atom is 0.161 e. The Morgan fingerprint density at radius 3 is 2.62 bits per heavy atom. The van der Waals surface area contributed by atoms with Crippen LogP contribution in [0.25, 0.3) is 10.8 Å². The number of aromatic nitrogens is 1. The maximum atomic E-state index is 6.14. The van der Waals surface area contributed by atoms with Gasteiger partial charge in [-0.1, -0.05) is 6.92 Å². The Kier molecular flexibility index (Phi) is 5.51. The Bertz CT molecular complexity index is 604. The number of hydrogen-bond acceptors (Lipinski definition) is 4. The Balaban J connectivity index is 2.27. The van der Waals surface area contributed by atoms with E-state index in [9.17, 15) is 0 Å². The van der Waals surface area contributed by atoms with Crippen LogP contribution in [0.15, 0.2) is 24.4 Å². The first-order chi connectivity index (χ1) is 10.2. The number of nitrogens with zero attached hydrogens (tertiary/aromatic N) is 1. The van der Waals surface area contributed by atoms with Crippen molar-refractivity contribution in [3.05, 3.63) is 24.4 Å². The largest absolute Gasteiger partial charge is 0.493 e.